The molecule has 1 aromatic carbocycles. The topological polar surface area (TPSA) is 29.5 Å². The highest BCUT2D eigenvalue weighted by atomic mass is 16.5. The van der Waals surface area contributed by atoms with Crippen LogP contribution >= 0.6 is 0 Å². The van der Waals surface area contributed by atoms with Crippen molar-refractivity contribution in [3.8, 4) is 5.75 Å². The van der Waals surface area contributed by atoms with Crippen molar-refractivity contribution in [1.29, 1.82) is 0 Å². The van der Waals surface area contributed by atoms with Crippen LogP contribution in [0.1, 0.15) is 19.4 Å². The second-order valence-electron chi connectivity index (χ2n) is 3.26. The van der Waals surface area contributed by atoms with Gasteiger partial charge in [0.1, 0.15) is 5.75 Å². The molecular formula is C10H14O2. The number of methoxy groups -OCH3 is 1. The molecule has 0 saturated carbocycles. The molecule has 0 radical (unpaired) electrons. The Morgan fingerprint density at radius 2 is 1.67 bits per heavy atom. The number of phenolic OH excluding ortho intramolecular Hbond substituents is 1. The molecule has 0 aliphatic carbocycles. The smallest absolute Gasteiger partial charge is 0.115 e. The molecule has 0 saturated heterocycles. The number of ether oxygens (including phenoxy) is 1. The van der Waals surface area contributed by atoms with E-state index in [-0.39, 0.29) is 11.4 Å². The molecule has 1 N–H and O–H groups in total. The first kappa shape index (κ1) is 9.07. The Hall–Kier alpha value is -1.02. The van der Waals surface area contributed by atoms with Gasteiger partial charge in [-0.1, -0.05) is 12.1 Å². The Labute approximate surface area is 72.8 Å². The van der Waals surface area contributed by atoms with Crippen LogP contribution in [0, 0.1) is 0 Å². The lowest BCUT2D eigenvalue weighted by Gasteiger charge is -2.23. The van der Waals surface area contributed by atoms with Gasteiger partial charge in [-0.3, -0.25) is 0 Å². The first-order chi connectivity index (χ1) is 5.56. The molecule has 0 aromatic heterocycles. The second kappa shape index (κ2) is 3.15. The summed E-state index contributed by atoms with van der Waals surface area (Å²) in [6.45, 7) is 3.97. The zero-order chi connectivity index (χ0) is 9.19. The Morgan fingerprint density at radius 3 is 2.08 bits per heavy atom. The van der Waals surface area contributed by atoms with E-state index in [0.29, 0.717) is 0 Å². The van der Waals surface area contributed by atoms with E-state index in [2.05, 4.69) is 0 Å². The number of hydrogen-bond donors (Lipinski definition) is 1. The van der Waals surface area contributed by atoms with Crippen LogP contribution < -0.4 is 0 Å². The van der Waals surface area contributed by atoms with Gasteiger partial charge in [0.15, 0.2) is 0 Å². The lowest BCUT2D eigenvalue weighted by Crippen LogP contribution is -2.18. The molecule has 12 heavy (non-hydrogen) atoms. The Morgan fingerprint density at radius 1 is 1.17 bits per heavy atom. The van der Waals surface area contributed by atoms with Crippen molar-refractivity contribution >= 4 is 0 Å². The van der Waals surface area contributed by atoms with Gasteiger partial charge in [-0.25, -0.2) is 0 Å². The summed E-state index contributed by atoms with van der Waals surface area (Å²) in [5.74, 6) is 0.283. The molecule has 2 heteroatoms. The molecule has 0 amide bonds. The largest absolute Gasteiger partial charge is 0.508 e. The summed E-state index contributed by atoms with van der Waals surface area (Å²) in [7, 11) is 1.67. The third-order valence-corrected chi connectivity index (χ3v) is 2.07. The van der Waals surface area contributed by atoms with E-state index >= 15 is 0 Å². The molecule has 0 bridgehead atoms. The highest BCUT2D eigenvalue weighted by molar-refractivity contribution is 5.29. The fourth-order valence-electron chi connectivity index (χ4n) is 0.981. The van der Waals surface area contributed by atoms with Gasteiger partial charge in [0, 0.05) is 7.11 Å². The SMILES string of the molecule is COC(C)(C)c1ccc(O)cc1. The summed E-state index contributed by atoms with van der Waals surface area (Å²) in [6, 6.07) is 7.05. The molecule has 0 aliphatic heterocycles. The van der Waals surface area contributed by atoms with E-state index in [0.717, 1.165) is 5.56 Å². The first-order valence-electron chi connectivity index (χ1n) is 3.91. The predicted octanol–water partition coefficient (Wildman–Crippen LogP) is 2.27. The fraction of sp³-hybridized carbons (Fsp3) is 0.400. The normalized spacial score (nSPS) is 11.6. The van der Waals surface area contributed by atoms with Gasteiger partial charge in [-0.05, 0) is 31.5 Å². The average molecular weight is 166 g/mol. The van der Waals surface area contributed by atoms with Gasteiger partial charge in [0.25, 0.3) is 0 Å². The highest BCUT2D eigenvalue weighted by Crippen LogP contribution is 2.24. The van der Waals surface area contributed by atoms with E-state index < -0.39 is 0 Å². The third-order valence-electron chi connectivity index (χ3n) is 2.07. The van der Waals surface area contributed by atoms with Crippen molar-refractivity contribution < 1.29 is 9.84 Å². The number of phenols is 1. The number of hydrogen-bond acceptors (Lipinski definition) is 2. The van der Waals surface area contributed by atoms with Crippen molar-refractivity contribution in [2.45, 2.75) is 19.4 Å². The molecule has 2 nitrogen and oxygen atoms in total. The van der Waals surface area contributed by atoms with Crippen LogP contribution in [-0.2, 0) is 10.3 Å². The minimum absolute atomic E-state index is 0.283. The molecule has 0 atom stereocenters. The summed E-state index contributed by atoms with van der Waals surface area (Å²) in [6.07, 6.45) is 0. The molecule has 0 spiro atoms. The predicted molar refractivity (Wildman–Crippen MR) is 48.1 cm³/mol. The van der Waals surface area contributed by atoms with Crippen LogP contribution in [0.5, 0.6) is 5.75 Å². The Kier molecular flexibility index (Phi) is 2.38. The zero-order valence-electron chi connectivity index (χ0n) is 7.66. The maximum atomic E-state index is 9.05. The zero-order valence-corrected chi connectivity index (χ0v) is 7.66. The molecular weight excluding hydrogens is 152 g/mol. The van der Waals surface area contributed by atoms with Crippen LogP contribution in [0.15, 0.2) is 24.3 Å². The van der Waals surface area contributed by atoms with Crippen molar-refractivity contribution in [3.63, 3.8) is 0 Å². The maximum absolute atomic E-state index is 9.05. The standard InChI is InChI=1S/C10H14O2/c1-10(2,12-3)8-4-6-9(11)7-5-8/h4-7,11H,1-3H3. The van der Waals surface area contributed by atoms with Crippen LogP contribution in [0.3, 0.4) is 0 Å². The number of rotatable bonds is 2. The number of aromatic hydroxyl groups is 1. The van der Waals surface area contributed by atoms with E-state index in [1.807, 2.05) is 26.0 Å². The Balaban J connectivity index is 2.96. The van der Waals surface area contributed by atoms with E-state index in [1.54, 1.807) is 19.2 Å². The van der Waals surface area contributed by atoms with E-state index in [1.165, 1.54) is 0 Å². The van der Waals surface area contributed by atoms with Gasteiger partial charge < -0.3 is 9.84 Å². The maximum Gasteiger partial charge on any atom is 0.115 e. The minimum atomic E-state index is -0.284. The van der Waals surface area contributed by atoms with Crippen molar-refractivity contribution in [2.75, 3.05) is 7.11 Å². The summed E-state index contributed by atoms with van der Waals surface area (Å²) < 4.78 is 5.28. The highest BCUT2D eigenvalue weighted by Gasteiger charge is 2.18. The molecule has 0 heterocycles. The van der Waals surface area contributed by atoms with Crippen LogP contribution in [0.4, 0.5) is 0 Å². The van der Waals surface area contributed by atoms with Crippen LogP contribution in [0.25, 0.3) is 0 Å². The molecule has 1 rings (SSSR count). The second-order valence-corrected chi connectivity index (χ2v) is 3.26. The lowest BCUT2D eigenvalue weighted by molar-refractivity contribution is 0.0192. The van der Waals surface area contributed by atoms with Crippen LogP contribution in [-0.4, -0.2) is 12.2 Å². The summed E-state index contributed by atoms with van der Waals surface area (Å²) in [4.78, 5) is 0. The summed E-state index contributed by atoms with van der Waals surface area (Å²) in [5.41, 5.74) is 0.774. The fourth-order valence-corrected chi connectivity index (χ4v) is 0.981. The van der Waals surface area contributed by atoms with Gasteiger partial charge in [0.2, 0.25) is 0 Å². The summed E-state index contributed by atoms with van der Waals surface area (Å²) in [5, 5.41) is 9.05. The minimum Gasteiger partial charge on any atom is -0.508 e. The Bertz CT molecular complexity index is 249. The number of benzene rings is 1. The van der Waals surface area contributed by atoms with Gasteiger partial charge >= 0.3 is 0 Å². The van der Waals surface area contributed by atoms with E-state index in [9.17, 15) is 0 Å². The molecule has 0 fully saturated rings. The average Bonchev–Trinajstić information content (AvgIpc) is 2.05. The van der Waals surface area contributed by atoms with Crippen molar-refractivity contribution in [3.05, 3.63) is 29.8 Å². The lowest BCUT2D eigenvalue weighted by atomic mass is 9.98. The molecule has 0 aliphatic rings. The van der Waals surface area contributed by atoms with Crippen molar-refractivity contribution in [1.82, 2.24) is 0 Å². The third kappa shape index (κ3) is 1.77. The molecule has 0 unspecified atom stereocenters. The molecule has 66 valence electrons. The van der Waals surface area contributed by atoms with Gasteiger partial charge in [-0.15, -0.1) is 0 Å². The first-order valence-corrected chi connectivity index (χ1v) is 3.91. The van der Waals surface area contributed by atoms with E-state index in [4.69, 9.17) is 9.84 Å². The van der Waals surface area contributed by atoms with Gasteiger partial charge in [-0.2, -0.15) is 0 Å². The van der Waals surface area contributed by atoms with Gasteiger partial charge in [0.05, 0.1) is 5.60 Å². The quantitative estimate of drug-likeness (QED) is 0.730. The van der Waals surface area contributed by atoms with Crippen LogP contribution in [0.2, 0.25) is 0 Å². The van der Waals surface area contributed by atoms with Crippen molar-refractivity contribution in [2.24, 2.45) is 0 Å². The summed E-state index contributed by atoms with van der Waals surface area (Å²) >= 11 is 0. The molecule has 1 aromatic rings. The monoisotopic (exact) mass is 166 g/mol.